The van der Waals surface area contributed by atoms with E-state index in [0.717, 1.165) is 25.2 Å². The molecule has 0 radical (unpaired) electrons. The van der Waals surface area contributed by atoms with Crippen LogP contribution in [0.4, 0.5) is 11.4 Å². The Hall–Kier alpha value is -3.05. The third-order valence-corrected chi connectivity index (χ3v) is 5.18. The van der Waals surface area contributed by atoms with E-state index in [0.29, 0.717) is 22.2 Å². The molecule has 142 valence electrons. The number of hydrogen-bond acceptors (Lipinski definition) is 4. The summed E-state index contributed by atoms with van der Waals surface area (Å²) in [7, 11) is 1.55. The Balaban J connectivity index is 1.44. The van der Waals surface area contributed by atoms with Gasteiger partial charge in [0, 0.05) is 18.8 Å². The maximum Gasteiger partial charge on any atom is 0.274 e. The molecule has 1 aliphatic rings. The zero-order valence-electron chi connectivity index (χ0n) is 15.5. The molecule has 0 saturated carbocycles. The van der Waals surface area contributed by atoms with Crippen LogP contribution in [0.2, 0.25) is 5.02 Å². The number of methoxy groups -OCH3 is 1. The van der Waals surface area contributed by atoms with Crippen LogP contribution >= 0.6 is 11.6 Å². The lowest BCUT2D eigenvalue weighted by Crippen LogP contribution is -2.30. The van der Waals surface area contributed by atoms with Gasteiger partial charge >= 0.3 is 0 Å². The molecule has 0 fully saturated rings. The number of carbonyl (C=O) groups is 1. The summed E-state index contributed by atoms with van der Waals surface area (Å²) in [5.41, 5.74) is 4.70. The van der Waals surface area contributed by atoms with Gasteiger partial charge in [-0.1, -0.05) is 35.9 Å². The summed E-state index contributed by atoms with van der Waals surface area (Å²) < 4.78 is 5.12. The van der Waals surface area contributed by atoms with Gasteiger partial charge in [0.25, 0.3) is 5.91 Å². The number of rotatable bonds is 4. The van der Waals surface area contributed by atoms with E-state index < -0.39 is 0 Å². The molecule has 1 aromatic heterocycles. The van der Waals surface area contributed by atoms with Crippen LogP contribution in [0.15, 0.2) is 60.8 Å². The second kappa shape index (κ2) is 7.90. The summed E-state index contributed by atoms with van der Waals surface area (Å²) in [5, 5.41) is 3.25. The molecular weight excluding hydrogens is 374 g/mol. The molecule has 3 aromatic rings. The topological polar surface area (TPSA) is 54.5 Å². The summed E-state index contributed by atoms with van der Waals surface area (Å²) in [6.07, 6.45) is 2.76. The molecule has 6 heteroatoms. The zero-order chi connectivity index (χ0) is 19.5. The van der Waals surface area contributed by atoms with Crippen LogP contribution < -0.4 is 15.0 Å². The van der Waals surface area contributed by atoms with Crippen molar-refractivity contribution in [2.24, 2.45) is 0 Å². The number of nitrogens with one attached hydrogen (secondary N) is 1. The van der Waals surface area contributed by atoms with Crippen molar-refractivity contribution in [3.05, 3.63) is 82.6 Å². The van der Waals surface area contributed by atoms with Crippen LogP contribution in [0.3, 0.4) is 0 Å². The van der Waals surface area contributed by atoms with Gasteiger partial charge in [-0.15, -0.1) is 0 Å². The fourth-order valence-corrected chi connectivity index (χ4v) is 3.62. The van der Waals surface area contributed by atoms with Crippen molar-refractivity contribution in [1.82, 2.24) is 4.98 Å². The number of aromatic nitrogens is 1. The van der Waals surface area contributed by atoms with Crippen LogP contribution in [0.5, 0.6) is 5.75 Å². The van der Waals surface area contributed by atoms with Crippen molar-refractivity contribution in [2.75, 3.05) is 23.9 Å². The van der Waals surface area contributed by atoms with Gasteiger partial charge < -0.3 is 15.0 Å². The standard InChI is InChI=1S/C22H20ClN3O2/c1-28-21-9-6-17(12-19(21)23)25-22(27)20-8-7-18(13-24-20)26-11-10-15-4-2-3-5-16(15)14-26/h2-9,12-13H,10-11,14H2,1H3,(H,25,27). The number of pyridine rings is 1. The monoisotopic (exact) mass is 393 g/mol. The van der Waals surface area contributed by atoms with E-state index in [1.54, 1.807) is 37.6 Å². The van der Waals surface area contributed by atoms with E-state index in [1.807, 2.05) is 6.07 Å². The van der Waals surface area contributed by atoms with Crippen molar-refractivity contribution in [3.8, 4) is 5.75 Å². The molecule has 28 heavy (non-hydrogen) atoms. The second-order valence-corrected chi connectivity index (χ2v) is 7.05. The molecule has 2 aromatic carbocycles. The number of benzene rings is 2. The Morgan fingerprint density at radius 1 is 1.14 bits per heavy atom. The summed E-state index contributed by atoms with van der Waals surface area (Å²) >= 11 is 6.10. The average molecular weight is 394 g/mol. The average Bonchev–Trinajstić information content (AvgIpc) is 2.73. The third kappa shape index (κ3) is 3.80. The molecule has 0 saturated heterocycles. The molecule has 1 amide bonds. The van der Waals surface area contributed by atoms with Crippen molar-refractivity contribution in [2.45, 2.75) is 13.0 Å². The van der Waals surface area contributed by atoms with Gasteiger partial charge in [0.2, 0.25) is 0 Å². The lowest BCUT2D eigenvalue weighted by atomic mass is 10.00. The summed E-state index contributed by atoms with van der Waals surface area (Å²) in [5.74, 6) is 0.280. The Morgan fingerprint density at radius 2 is 1.96 bits per heavy atom. The summed E-state index contributed by atoms with van der Waals surface area (Å²) in [6.45, 7) is 1.79. The van der Waals surface area contributed by atoms with Crippen LogP contribution in [0.25, 0.3) is 0 Å². The summed E-state index contributed by atoms with van der Waals surface area (Å²) in [6, 6.07) is 17.3. The van der Waals surface area contributed by atoms with E-state index in [2.05, 4.69) is 39.5 Å². The van der Waals surface area contributed by atoms with Crippen molar-refractivity contribution in [1.29, 1.82) is 0 Å². The maximum absolute atomic E-state index is 12.5. The first-order chi connectivity index (χ1) is 13.6. The Morgan fingerprint density at radius 3 is 2.68 bits per heavy atom. The number of hydrogen-bond donors (Lipinski definition) is 1. The van der Waals surface area contributed by atoms with Crippen LogP contribution in [0.1, 0.15) is 21.6 Å². The second-order valence-electron chi connectivity index (χ2n) is 6.65. The Labute approximate surface area is 168 Å². The Bertz CT molecular complexity index is 1000. The fraction of sp³-hybridized carbons (Fsp3) is 0.182. The SMILES string of the molecule is COc1ccc(NC(=O)c2ccc(N3CCc4ccccc4C3)cn2)cc1Cl. The number of fused-ring (bicyclic) bond motifs is 1. The van der Waals surface area contributed by atoms with Gasteiger partial charge in [-0.3, -0.25) is 4.79 Å². The molecule has 0 unspecified atom stereocenters. The predicted octanol–water partition coefficient (Wildman–Crippen LogP) is 4.56. The summed E-state index contributed by atoms with van der Waals surface area (Å²) in [4.78, 5) is 19.1. The lowest BCUT2D eigenvalue weighted by molar-refractivity contribution is 0.102. The van der Waals surface area contributed by atoms with E-state index in [4.69, 9.17) is 16.3 Å². The number of halogens is 1. The zero-order valence-corrected chi connectivity index (χ0v) is 16.2. The number of amides is 1. The predicted molar refractivity (Wildman–Crippen MR) is 111 cm³/mol. The van der Waals surface area contributed by atoms with E-state index >= 15 is 0 Å². The highest BCUT2D eigenvalue weighted by atomic mass is 35.5. The molecule has 5 nitrogen and oxygen atoms in total. The molecule has 4 rings (SSSR count). The highest BCUT2D eigenvalue weighted by Crippen LogP contribution is 2.28. The number of ether oxygens (including phenoxy) is 1. The molecule has 0 bridgehead atoms. The molecule has 0 aliphatic carbocycles. The van der Waals surface area contributed by atoms with Gasteiger partial charge in [0.05, 0.1) is 24.0 Å². The molecule has 1 aliphatic heterocycles. The van der Waals surface area contributed by atoms with Gasteiger partial charge in [-0.2, -0.15) is 0 Å². The fourth-order valence-electron chi connectivity index (χ4n) is 3.36. The van der Waals surface area contributed by atoms with Gasteiger partial charge in [-0.25, -0.2) is 4.98 Å². The largest absolute Gasteiger partial charge is 0.495 e. The first kappa shape index (κ1) is 18.3. The first-order valence-electron chi connectivity index (χ1n) is 9.07. The van der Waals surface area contributed by atoms with Gasteiger partial charge in [0.15, 0.2) is 0 Å². The van der Waals surface area contributed by atoms with Crippen LogP contribution in [-0.2, 0) is 13.0 Å². The smallest absolute Gasteiger partial charge is 0.274 e. The minimum Gasteiger partial charge on any atom is -0.495 e. The molecular formula is C22H20ClN3O2. The number of anilines is 2. The van der Waals surface area contributed by atoms with Crippen molar-refractivity contribution in [3.63, 3.8) is 0 Å². The highest BCUT2D eigenvalue weighted by molar-refractivity contribution is 6.32. The minimum absolute atomic E-state index is 0.281. The van der Waals surface area contributed by atoms with Crippen LogP contribution in [0, 0.1) is 0 Å². The maximum atomic E-state index is 12.5. The normalized spacial score (nSPS) is 13.0. The van der Waals surface area contributed by atoms with Gasteiger partial charge in [-0.05, 0) is 47.9 Å². The Kier molecular flexibility index (Phi) is 5.17. The first-order valence-corrected chi connectivity index (χ1v) is 9.44. The van der Waals surface area contributed by atoms with Crippen molar-refractivity contribution < 1.29 is 9.53 Å². The highest BCUT2D eigenvalue weighted by Gasteiger charge is 2.17. The van der Waals surface area contributed by atoms with Crippen LogP contribution in [-0.4, -0.2) is 24.5 Å². The van der Waals surface area contributed by atoms with E-state index in [9.17, 15) is 4.79 Å². The van der Waals surface area contributed by atoms with Crippen molar-refractivity contribution >= 4 is 28.9 Å². The third-order valence-electron chi connectivity index (χ3n) is 4.89. The van der Waals surface area contributed by atoms with Gasteiger partial charge in [0.1, 0.15) is 11.4 Å². The molecule has 1 N–H and O–H groups in total. The molecule has 0 spiro atoms. The lowest BCUT2D eigenvalue weighted by Gasteiger charge is -2.30. The quantitative estimate of drug-likeness (QED) is 0.706. The molecule has 2 heterocycles. The minimum atomic E-state index is -0.281. The number of nitrogens with zero attached hydrogens (tertiary/aromatic N) is 2. The van der Waals surface area contributed by atoms with E-state index in [-0.39, 0.29) is 5.91 Å². The number of carbonyl (C=O) groups excluding carboxylic acids is 1. The van der Waals surface area contributed by atoms with E-state index in [1.165, 1.54) is 11.1 Å². The molecule has 0 atom stereocenters.